The molecule has 31 heavy (non-hydrogen) atoms. The Morgan fingerprint density at radius 1 is 1.16 bits per heavy atom. The van der Waals surface area contributed by atoms with Crippen LogP contribution in [0.1, 0.15) is 62.9 Å². The molecule has 8 heteroatoms. The molecule has 8 nitrogen and oxygen atoms in total. The first-order chi connectivity index (χ1) is 14.8. The van der Waals surface area contributed by atoms with Gasteiger partial charge in [0.15, 0.2) is 0 Å². The summed E-state index contributed by atoms with van der Waals surface area (Å²) in [5.41, 5.74) is 0.541. The molecule has 1 saturated carbocycles. The van der Waals surface area contributed by atoms with Crippen LogP contribution >= 0.6 is 0 Å². The maximum Gasteiger partial charge on any atom is 0.410 e. The van der Waals surface area contributed by atoms with Crippen molar-refractivity contribution in [3.05, 3.63) is 41.5 Å². The fourth-order valence-electron chi connectivity index (χ4n) is 4.25. The van der Waals surface area contributed by atoms with Gasteiger partial charge in [-0.05, 0) is 46.6 Å². The van der Waals surface area contributed by atoms with Crippen LogP contribution in [0.4, 0.5) is 4.79 Å². The lowest BCUT2D eigenvalue weighted by Gasteiger charge is -2.42. The highest BCUT2D eigenvalue weighted by molar-refractivity contribution is 5.68. The number of methoxy groups -OCH3 is 1. The quantitative estimate of drug-likeness (QED) is 0.724. The number of para-hydroxylation sites is 1. The molecule has 1 aromatic heterocycles. The monoisotopic (exact) mass is 427 g/mol. The first kappa shape index (κ1) is 21.6. The van der Waals surface area contributed by atoms with E-state index < -0.39 is 5.60 Å². The number of carbonyl (C=O) groups excluding carboxylic acids is 1. The third kappa shape index (κ3) is 4.84. The Morgan fingerprint density at radius 3 is 2.58 bits per heavy atom. The molecule has 1 atom stereocenters. The number of aromatic nitrogens is 3. The molecular formula is C23H33N5O3. The van der Waals surface area contributed by atoms with Crippen LogP contribution in [0.2, 0.25) is 0 Å². The zero-order valence-corrected chi connectivity index (χ0v) is 19.2. The van der Waals surface area contributed by atoms with Gasteiger partial charge in [0.1, 0.15) is 23.0 Å². The molecule has 1 aliphatic heterocycles. The minimum absolute atomic E-state index is 0.0259. The van der Waals surface area contributed by atoms with Crippen molar-refractivity contribution in [2.24, 2.45) is 0 Å². The molecule has 1 unspecified atom stereocenters. The molecule has 0 bridgehead atoms. The van der Waals surface area contributed by atoms with E-state index in [0.29, 0.717) is 25.7 Å². The highest BCUT2D eigenvalue weighted by Gasteiger charge is 2.36. The fourth-order valence-corrected chi connectivity index (χ4v) is 4.25. The van der Waals surface area contributed by atoms with Gasteiger partial charge in [-0.1, -0.05) is 18.2 Å². The zero-order chi connectivity index (χ0) is 22.2. The van der Waals surface area contributed by atoms with E-state index in [2.05, 4.69) is 25.7 Å². The van der Waals surface area contributed by atoms with Crippen molar-refractivity contribution in [2.75, 3.05) is 26.7 Å². The summed E-state index contributed by atoms with van der Waals surface area (Å²) in [5, 5.41) is 8.81. The molecule has 0 spiro atoms. The Labute approximate surface area is 184 Å². The maximum absolute atomic E-state index is 12.8. The summed E-state index contributed by atoms with van der Waals surface area (Å²) in [5.74, 6) is 2.78. The second-order valence-electron chi connectivity index (χ2n) is 9.42. The Bertz CT molecular complexity index is 932. The third-order valence-corrected chi connectivity index (χ3v) is 5.83. The molecule has 1 saturated heterocycles. The standard InChI is InChI=1S/C23H33N5O3/c1-16-24-25-21(28(16)17-10-11-17)15-26-12-13-27(22(29)31-23(2,3)4)14-19(26)18-8-6-7-9-20(18)30-5/h6-9,17,19H,10-15H2,1-5H3. The van der Waals surface area contributed by atoms with E-state index in [4.69, 9.17) is 9.47 Å². The smallest absolute Gasteiger partial charge is 0.410 e. The number of ether oxygens (including phenoxy) is 2. The summed E-state index contributed by atoms with van der Waals surface area (Å²) >= 11 is 0. The van der Waals surface area contributed by atoms with Crippen LogP contribution in [0, 0.1) is 6.92 Å². The predicted octanol–water partition coefficient (Wildman–Crippen LogP) is 3.72. The fraction of sp³-hybridized carbons (Fsp3) is 0.609. The molecular weight excluding hydrogens is 394 g/mol. The summed E-state index contributed by atoms with van der Waals surface area (Å²) in [4.78, 5) is 17.0. The average molecular weight is 428 g/mol. The lowest BCUT2D eigenvalue weighted by atomic mass is 10.0. The lowest BCUT2D eigenvalue weighted by molar-refractivity contribution is 0.00116. The number of piperazine rings is 1. The SMILES string of the molecule is COc1ccccc1C1CN(C(=O)OC(C)(C)C)CCN1Cc1nnc(C)n1C1CC1. The molecule has 4 rings (SSSR count). The van der Waals surface area contributed by atoms with E-state index in [9.17, 15) is 4.79 Å². The molecule has 168 valence electrons. The maximum atomic E-state index is 12.8. The zero-order valence-electron chi connectivity index (χ0n) is 19.2. The van der Waals surface area contributed by atoms with E-state index in [0.717, 1.165) is 29.5 Å². The molecule has 0 N–H and O–H groups in total. The van der Waals surface area contributed by atoms with Gasteiger partial charge >= 0.3 is 6.09 Å². The van der Waals surface area contributed by atoms with Crippen LogP contribution in [0.5, 0.6) is 5.75 Å². The van der Waals surface area contributed by atoms with Gasteiger partial charge in [0.05, 0.1) is 19.7 Å². The van der Waals surface area contributed by atoms with Gasteiger partial charge in [-0.2, -0.15) is 0 Å². The Balaban J connectivity index is 1.61. The summed E-state index contributed by atoms with van der Waals surface area (Å²) < 4.78 is 13.6. The summed E-state index contributed by atoms with van der Waals surface area (Å²) in [6, 6.07) is 8.52. The topological polar surface area (TPSA) is 72.7 Å². The number of benzene rings is 1. The summed E-state index contributed by atoms with van der Waals surface area (Å²) in [7, 11) is 1.69. The van der Waals surface area contributed by atoms with Gasteiger partial charge in [-0.3, -0.25) is 4.90 Å². The van der Waals surface area contributed by atoms with Crippen molar-refractivity contribution in [1.82, 2.24) is 24.6 Å². The van der Waals surface area contributed by atoms with E-state index in [1.165, 1.54) is 12.8 Å². The van der Waals surface area contributed by atoms with Crippen molar-refractivity contribution >= 4 is 6.09 Å². The second-order valence-corrected chi connectivity index (χ2v) is 9.42. The van der Waals surface area contributed by atoms with Crippen LogP contribution < -0.4 is 4.74 Å². The number of aryl methyl sites for hydroxylation is 1. The predicted molar refractivity (Wildman–Crippen MR) is 117 cm³/mol. The lowest BCUT2D eigenvalue weighted by Crippen LogP contribution is -2.51. The largest absolute Gasteiger partial charge is 0.496 e. The Kier molecular flexibility index (Phi) is 5.92. The van der Waals surface area contributed by atoms with E-state index in [1.807, 2.05) is 45.9 Å². The van der Waals surface area contributed by atoms with Gasteiger partial charge in [0, 0.05) is 31.2 Å². The molecule has 0 radical (unpaired) electrons. The minimum Gasteiger partial charge on any atom is -0.496 e. The Hall–Kier alpha value is -2.61. The molecule has 2 fully saturated rings. The average Bonchev–Trinajstić information content (AvgIpc) is 3.50. The van der Waals surface area contributed by atoms with Crippen molar-refractivity contribution < 1.29 is 14.3 Å². The number of nitrogens with zero attached hydrogens (tertiary/aromatic N) is 5. The first-order valence-electron chi connectivity index (χ1n) is 11.0. The number of hydrogen-bond donors (Lipinski definition) is 0. The summed E-state index contributed by atoms with van der Waals surface area (Å²) in [6.07, 6.45) is 2.10. The number of hydrogen-bond acceptors (Lipinski definition) is 6. The molecule has 1 amide bonds. The van der Waals surface area contributed by atoms with Crippen molar-refractivity contribution in [1.29, 1.82) is 0 Å². The molecule has 2 aromatic rings. The van der Waals surface area contributed by atoms with Crippen LogP contribution in [-0.4, -0.2) is 63.0 Å². The van der Waals surface area contributed by atoms with Crippen molar-refractivity contribution in [3.8, 4) is 5.75 Å². The summed E-state index contributed by atoms with van der Waals surface area (Å²) in [6.45, 7) is 10.3. The minimum atomic E-state index is -0.521. The molecule has 1 aromatic carbocycles. The first-order valence-corrected chi connectivity index (χ1v) is 11.0. The van der Waals surface area contributed by atoms with Crippen molar-refractivity contribution in [3.63, 3.8) is 0 Å². The van der Waals surface area contributed by atoms with Gasteiger partial charge in [-0.25, -0.2) is 4.79 Å². The normalized spacial score (nSPS) is 20.0. The van der Waals surface area contributed by atoms with E-state index in [-0.39, 0.29) is 12.1 Å². The van der Waals surface area contributed by atoms with Crippen LogP contribution in [0.3, 0.4) is 0 Å². The van der Waals surface area contributed by atoms with Gasteiger partial charge < -0.3 is 18.9 Å². The van der Waals surface area contributed by atoms with Gasteiger partial charge in [-0.15, -0.1) is 10.2 Å². The molecule has 2 aliphatic rings. The number of rotatable bonds is 5. The van der Waals surface area contributed by atoms with Gasteiger partial charge in [0.25, 0.3) is 0 Å². The Morgan fingerprint density at radius 2 is 1.90 bits per heavy atom. The number of carbonyl (C=O) groups is 1. The van der Waals surface area contributed by atoms with Crippen molar-refractivity contribution in [2.45, 2.75) is 64.8 Å². The second kappa shape index (κ2) is 8.49. The van der Waals surface area contributed by atoms with Crippen LogP contribution in [0.25, 0.3) is 0 Å². The van der Waals surface area contributed by atoms with Crippen LogP contribution in [-0.2, 0) is 11.3 Å². The highest BCUT2D eigenvalue weighted by Crippen LogP contribution is 2.38. The highest BCUT2D eigenvalue weighted by atomic mass is 16.6. The molecule has 2 heterocycles. The van der Waals surface area contributed by atoms with Crippen LogP contribution in [0.15, 0.2) is 24.3 Å². The number of amides is 1. The van der Waals surface area contributed by atoms with E-state index in [1.54, 1.807) is 12.0 Å². The van der Waals surface area contributed by atoms with Gasteiger partial charge in [0.2, 0.25) is 0 Å². The molecule has 1 aliphatic carbocycles. The third-order valence-electron chi connectivity index (χ3n) is 5.83. The van der Waals surface area contributed by atoms with E-state index >= 15 is 0 Å².